The molecule has 1 amide bonds. The number of halogens is 1. The van der Waals surface area contributed by atoms with Gasteiger partial charge in [-0.15, -0.1) is 0 Å². The van der Waals surface area contributed by atoms with Gasteiger partial charge in [0.05, 0.1) is 16.2 Å². The lowest BCUT2D eigenvalue weighted by Gasteiger charge is -2.30. The molecule has 136 valence electrons. The molecule has 1 aliphatic heterocycles. The Hall–Kier alpha value is -2.41. The number of carbonyl (C=O) groups is 2. The molecule has 0 saturated heterocycles. The molecule has 2 unspecified atom stereocenters. The number of aromatic nitrogens is 1. The average molecular weight is 419 g/mol. The Morgan fingerprint density at radius 2 is 1.96 bits per heavy atom. The maximum absolute atomic E-state index is 12.9. The molecule has 1 aromatic heterocycles. The molecule has 1 aromatic carbocycles. The van der Waals surface area contributed by atoms with Crippen LogP contribution in [0.1, 0.15) is 35.8 Å². The molecule has 6 nitrogen and oxygen atoms in total. The van der Waals surface area contributed by atoms with E-state index < -0.39 is 12.1 Å². The molecule has 0 N–H and O–H groups in total. The van der Waals surface area contributed by atoms with Crippen molar-refractivity contribution in [2.24, 2.45) is 0 Å². The predicted molar refractivity (Wildman–Crippen MR) is 102 cm³/mol. The summed E-state index contributed by atoms with van der Waals surface area (Å²) in [5.41, 5.74) is 1.57. The normalized spacial score (nSPS) is 17.5. The molecule has 2 aromatic rings. The number of rotatable bonds is 3. The number of nitrogens with zero attached hydrogens (tertiary/aromatic N) is 2. The van der Waals surface area contributed by atoms with Crippen LogP contribution in [-0.4, -0.2) is 29.4 Å². The molecule has 0 saturated carbocycles. The maximum atomic E-state index is 12.9. The first-order valence-electron chi connectivity index (χ1n) is 8.21. The van der Waals surface area contributed by atoms with E-state index in [-0.39, 0.29) is 17.2 Å². The number of likely N-dealkylation sites (N-methyl/N-ethyl adjacent to an activating group) is 1. The number of hydrogen-bond acceptors (Lipinski definition) is 4. The lowest BCUT2D eigenvalue weighted by atomic mass is 10.0. The van der Waals surface area contributed by atoms with Gasteiger partial charge in [0, 0.05) is 18.8 Å². The molecule has 3 rings (SSSR count). The molecule has 0 fully saturated rings. The third-order valence-corrected chi connectivity index (χ3v) is 5.09. The van der Waals surface area contributed by atoms with Gasteiger partial charge < -0.3 is 14.2 Å². The Kier molecular flexibility index (Phi) is 4.75. The summed E-state index contributed by atoms with van der Waals surface area (Å²) < 4.78 is 7.40. The summed E-state index contributed by atoms with van der Waals surface area (Å²) in [7, 11) is 1.65. The monoisotopic (exact) mass is 418 g/mol. The van der Waals surface area contributed by atoms with Crippen LogP contribution in [-0.2, 0) is 4.79 Å². The number of carbonyl (C=O) groups excluding carboxylic acids is 2. The molecule has 2 heterocycles. The maximum Gasteiger partial charge on any atom is 0.267 e. The second-order valence-corrected chi connectivity index (χ2v) is 7.31. The molecule has 0 bridgehead atoms. The number of aryl methyl sites for hydroxylation is 1. The molecular weight excluding hydrogens is 400 g/mol. The van der Waals surface area contributed by atoms with Gasteiger partial charge in [-0.25, -0.2) is 0 Å². The standard InChI is InChI=1S/C19H19BrN2O4/c1-10-7-14(20)19(25)22(9-10)11(2)17(23)13-5-6-16-15(8-13)21(4)18(24)12(3)26-16/h5-9,11-12H,1-4H3. The highest BCUT2D eigenvalue weighted by Crippen LogP contribution is 2.34. The minimum Gasteiger partial charge on any atom is -0.479 e. The van der Waals surface area contributed by atoms with Crippen molar-refractivity contribution in [2.75, 3.05) is 11.9 Å². The zero-order valence-electron chi connectivity index (χ0n) is 14.9. The van der Waals surface area contributed by atoms with E-state index >= 15 is 0 Å². The summed E-state index contributed by atoms with van der Waals surface area (Å²) in [5.74, 6) is 0.167. The molecule has 2 atom stereocenters. The van der Waals surface area contributed by atoms with Crippen LogP contribution in [0.2, 0.25) is 0 Å². The molecular formula is C19H19BrN2O4. The fraction of sp³-hybridized carbons (Fsp3) is 0.316. The Bertz CT molecular complexity index is 966. The van der Waals surface area contributed by atoms with Crippen LogP contribution in [0.25, 0.3) is 0 Å². The Labute approximate surface area is 159 Å². The van der Waals surface area contributed by atoms with Crippen LogP contribution >= 0.6 is 15.9 Å². The van der Waals surface area contributed by atoms with E-state index in [9.17, 15) is 14.4 Å². The fourth-order valence-corrected chi connectivity index (χ4v) is 3.59. The topological polar surface area (TPSA) is 68.6 Å². The predicted octanol–water partition coefficient (Wildman–Crippen LogP) is 3.11. The van der Waals surface area contributed by atoms with Crippen molar-refractivity contribution in [3.63, 3.8) is 0 Å². The van der Waals surface area contributed by atoms with E-state index in [4.69, 9.17) is 4.74 Å². The van der Waals surface area contributed by atoms with Crippen LogP contribution < -0.4 is 15.2 Å². The highest BCUT2D eigenvalue weighted by atomic mass is 79.9. The summed E-state index contributed by atoms with van der Waals surface area (Å²) in [6, 6.07) is 6.01. The Morgan fingerprint density at radius 3 is 2.65 bits per heavy atom. The second-order valence-electron chi connectivity index (χ2n) is 6.46. The van der Waals surface area contributed by atoms with Gasteiger partial charge in [-0.2, -0.15) is 0 Å². The van der Waals surface area contributed by atoms with Crippen molar-refractivity contribution in [2.45, 2.75) is 32.9 Å². The highest BCUT2D eigenvalue weighted by Gasteiger charge is 2.30. The van der Waals surface area contributed by atoms with Gasteiger partial charge in [0.1, 0.15) is 5.75 Å². The van der Waals surface area contributed by atoms with Crippen molar-refractivity contribution >= 4 is 33.3 Å². The number of ether oxygens (including phenoxy) is 1. The van der Waals surface area contributed by atoms with Crippen LogP contribution in [0.5, 0.6) is 5.75 Å². The summed E-state index contributed by atoms with van der Waals surface area (Å²) in [6.45, 7) is 5.23. The van der Waals surface area contributed by atoms with Gasteiger partial charge in [0.2, 0.25) is 0 Å². The molecule has 0 radical (unpaired) electrons. The van der Waals surface area contributed by atoms with E-state index in [0.29, 0.717) is 21.5 Å². The van der Waals surface area contributed by atoms with Crippen LogP contribution in [0.15, 0.2) is 39.7 Å². The van der Waals surface area contributed by atoms with Gasteiger partial charge in [-0.05, 0) is 66.5 Å². The van der Waals surface area contributed by atoms with Crippen molar-refractivity contribution in [1.82, 2.24) is 4.57 Å². The number of amides is 1. The lowest BCUT2D eigenvalue weighted by molar-refractivity contribution is -0.125. The van der Waals surface area contributed by atoms with Gasteiger partial charge in [0.25, 0.3) is 11.5 Å². The van der Waals surface area contributed by atoms with E-state index in [1.807, 2.05) is 6.92 Å². The first kappa shape index (κ1) is 18.4. The van der Waals surface area contributed by atoms with E-state index in [1.54, 1.807) is 51.4 Å². The van der Waals surface area contributed by atoms with Crippen molar-refractivity contribution in [3.05, 3.63) is 56.4 Å². The van der Waals surface area contributed by atoms with Crippen LogP contribution in [0, 0.1) is 6.92 Å². The average Bonchev–Trinajstić information content (AvgIpc) is 2.61. The fourth-order valence-electron chi connectivity index (χ4n) is 3.02. The number of pyridine rings is 1. The van der Waals surface area contributed by atoms with Crippen LogP contribution in [0.3, 0.4) is 0 Å². The summed E-state index contributed by atoms with van der Waals surface area (Å²) >= 11 is 3.23. The number of fused-ring (bicyclic) bond motifs is 1. The molecule has 1 aliphatic rings. The molecule has 7 heteroatoms. The quantitative estimate of drug-likeness (QED) is 0.718. The molecule has 0 aliphatic carbocycles. The number of anilines is 1. The van der Waals surface area contributed by atoms with Crippen molar-refractivity contribution in [1.29, 1.82) is 0 Å². The Morgan fingerprint density at radius 1 is 1.27 bits per heavy atom. The van der Waals surface area contributed by atoms with Crippen molar-refractivity contribution in [3.8, 4) is 5.75 Å². The number of ketones is 1. The minimum atomic E-state index is -0.679. The first-order chi connectivity index (χ1) is 12.2. The SMILES string of the molecule is Cc1cc(Br)c(=O)n(C(C)C(=O)c2ccc3c(c2)N(C)C(=O)C(C)O3)c1. The summed E-state index contributed by atoms with van der Waals surface area (Å²) in [4.78, 5) is 38.9. The third-order valence-electron chi connectivity index (χ3n) is 4.52. The summed E-state index contributed by atoms with van der Waals surface area (Å²) in [5, 5.41) is 0. The zero-order chi connectivity index (χ0) is 19.2. The van der Waals surface area contributed by atoms with Gasteiger partial charge in [0.15, 0.2) is 11.9 Å². The zero-order valence-corrected chi connectivity index (χ0v) is 16.5. The smallest absolute Gasteiger partial charge is 0.267 e. The van der Waals surface area contributed by atoms with Crippen LogP contribution in [0.4, 0.5) is 5.69 Å². The number of benzene rings is 1. The van der Waals surface area contributed by atoms with E-state index in [1.165, 1.54) is 9.47 Å². The minimum absolute atomic E-state index is 0.172. The van der Waals surface area contributed by atoms with Gasteiger partial charge in [-0.1, -0.05) is 0 Å². The molecule has 26 heavy (non-hydrogen) atoms. The largest absolute Gasteiger partial charge is 0.479 e. The van der Waals surface area contributed by atoms with Gasteiger partial charge >= 0.3 is 0 Å². The van der Waals surface area contributed by atoms with E-state index in [0.717, 1.165) is 5.56 Å². The van der Waals surface area contributed by atoms with Gasteiger partial charge in [-0.3, -0.25) is 14.4 Å². The first-order valence-corrected chi connectivity index (χ1v) is 9.00. The van der Waals surface area contributed by atoms with Crippen molar-refractivity contribution < 1.29 is 14.3 Å². The summed E-state index contributed by atoms with van der Waals surface area (Å²) in [6.07, 6.45) is 1.10. The highest BCUT2D eigenvalue weighted by molar-refractivity contribution is 9.10. The number of Topliss-reactive ketones (excluding diaryl/α,β-unsaturated/α-hetero) is 1. The lowest BCUT2D eigenvalue weighted by Crippen LogP contribution is -2.42. The number of hydrogen-bond donors (Lipinski definition) is 0. The second kappa shape index (κ2) is 6.72. The van der Waals surface area contributed by atoms with E-state index in [2.05, 4.69) is 15.9 Å². The molecule has 0 spiro atoms. The Balaban J connectivity index is 1.99. The third kappa shape index (κ3) is 3.07.